The fraction of sp³-hybridized carbons (Fsp3) is 0.200. The van der Waals surface area contributed by atoms with Crippen molar-refractivity contribution in [1.29, 1.82) is 0 Å². The van der Waals surface area contributed by atoms with Gasteiger partial charge in [0.25, 0.3) is 0 Å². The smallest absolute Gasteiger partial charge is 0.0388 e. The zero-order chi connectivity index (χ0) is 7.84. The van der Waals surface area contributed by atoms with Crippen LogP contribution in [0.1, 0.15) is 22.2 Å². The average molecular weight is 180 g/mol. The van der Waals surface area contributed by atoms with Gasteiger partial charge in [-0.25, -0.2) is 0 Å². The van der Waals surface area contributed by atoms with E-state index in [0.717, 1.165) is 0 Å². The van der Waals surface area contributed by atoms with Gasteiger partial charge in [-0.2, -0.15) is 0 Å². The number of hydrogen-bond acceptors (Lipinski definition) is 0. The van der Waals surface area contributed by atoms with Crippen LogP contribution in [0.15, 0.2) is 24.3 Å². The van der Waals surface area contributed by atoms with Gasteiger partial charge in [0, 0.05) is 39.8 Å². The van der Waals surface area contributed by atoms with Crippen molar-refractivity contribution in [3.8, 4) is 0 Å². The van der Waals surface area contributed by atoms with Crippen molar-refractivity contribution >= 4 is 45.9 Å². The molecule has 1 unspecified atom stereocenters. The van der Waals surface area contributed by atoms with Crippen molar-refractivity contribution < 1.29 is 0 Å². The first-order valence-electron chi connectivity index (χ1n) is 3.78. The van der Waals surface area contributed by atoms with Crippen LogP contribution >= 0.6 is 0 Å². The molecule has 0 saturated carbocycles. The second kappa shape index (κ2) is 3.92. The van der Waals surface area contributed by atoms with E-state index in [2.05, 4.69) is 47.5 Å². The van der Waals surface area contributed by atoms with Crippen molar-refractivity contribution in [2.45, 2.75) is 12.5 Å². The van der Waals surface area contributed by atoms with Gasteiger partial charge in [-0.3, -0.25) is 0 Å². The molecule has 1 atom stereocenters. The van der Waals surface area contributed by atoms with Gasteiger partial charge < -0.3 is 0 Å². The summed E-state index contributed by atoms with van der Waals surface area (Å²) >= 11 is 0. The predicted molar refractivity (Wildman–Crippen MR) is 54.5 cm³/mol. The van der Waals surface area contributed by atoms with Crippen LogP contribution in [0.5, 0.6) is 0 Å². The molecule has 54 valence electrons. The predicted octanol–water partition coefficient (Wildman–Crippen LogP) is 1.85. The molecule has 1 aliphatic rings. The van der Waals surface area contributed by atoms with Crippen LogP contribution in [-0.2, 0) is 0 Å². The zero-order valence-electron chi connectivity index (χ0n) is 7.46. The molecule has 2 rings (SSSR count). The SMILES string of the molecule is Cc1cccc2c1C=CC2[Si].[Na]. The molecule has 0 fully saturated rings. The molecule has 1 aromatic rings. The first-order valence-corrected chi connectivity index (χ1v) is 4.35. The van der Waals surface area contributed by atoms with E-state index in [9.17, 15) is 0 Å². The fourth-order valence-corrected chi connectivity index (χ4v) is 1.85. The Morgan fingerprint density at radius 3 is 2.75 bits per heavy atom. The van der Waals surface area contributed by atoms with Gasteiger partial charge in [0.15, 0.2) is 0 Å². The fourth-order valence-electron chi connectivity index (χ4n) is 1.50. The molecule has 0 N–H and O–H groups in total. The van der Waals surface area contributed by atoms with E-state index < -0.39 is 0 Å². The van der Waals surface area contributed by atoms with E-state index in [-0.39, 0.29) is 29.6 Å². The summed E-state index contributed by atoms with van der Waals surface area (Å²) in [6.07, 6.45) is 4.36. The van der Waals surface area contributed by atoms with E-state index in [1.807, 2.05) is 0 Å². The third kappa shape index (κ3) is 1.60. The normalized spacial score (nSPS) is 18.7. The Hall–Kier alpha value is 0.177. The van der Waals surface area contributed by atoms with Gasteiger partial charge in [-0.05, 0) is 29.2 Å². The summed E-state index contributed by atoms with van der Waals surface area (Å²) in [5, 5.41) is 0. The molecule has 0 aromatic heterocycles. The van der Waals surface area contributed by atoms with Crippen LogP contribution < -0.4 is 0 Å². The van der Waals surface area contributed by atoms with Gasteiger partial charge in [-0.15, -0.1) is 0 Å². The summed E-state index contributed by atoms with van der Waals surface area (Å²) in [7, 11) is 3.63. The Labute approximate surface area is 98.8 Å². The van der Waals surface area contributed by atoms with E-state index in [4.69, 9.17) is 0 Å². The summed E-state index contributed by atoms with van der Waals surface area (Å²) in [5.74, 6) is 0. The largest absolute Gasteiger partial charge is 0.0800 e. The van der Waals surface area contributed by atoms with E-state index in [0.29, 0.717) is 5.54 Å². The monoisotopic (exact) mass is 180 g/mol. The van der Waals surface area contributed by atoms with Gasteiger partial charge in [0.1, 0.15) is 0 Å². The molecular formula is C10H9NaSi. The number of rotatable bonds is 0. The third-order valence-electron chi connectivity index (χ3n) is 2.15. The molecule has 0 amide bonds. The molecule has 0 saturated heterocycles. The van der Waals surface area contributed by atoms with Crippen molar-refractivity contribution in [3.05, 3.63) is 41.0 Å². The number of allylic oxidation sites excluding steroid dienone is 1. The summed E-state index contributed by atoms with van der Waals surface area (Å²) in [6.45, 7) is 2.15. The summed E-state index contributed by atoms with van der Waals surface area (Å²) in [5.41, 5.74) is 4.55. The van der Waals surface area contributed by atoms with Gasteiger partial charge in [0.05, 0.1) is 0 Å². The topological polar surface area (TPSA) is 0 Å². The minimum Gasteiger partial charge on any atom is -0.0800 e. The molecule has 12 heavy (non-hydrogen) atoms. The molecular weight excluding hydrogens is 171 g/mol. The summed E-state index contributed by atoms with van der Waals surface area (Å²) < 4.78 is 0. The van der Waals surface area contributed by atoms with Crippen molar-refractivity contribution in [1.82, 2.24) is 0 Å². The number of hydrogen-bond donors (Lipinski definition) is 0. The second-order valence-corrected chi connectivity index (χ2v) is 3.54. The number of aryl methyl sites for hydroxylation is 1. The van der Waals surface area contributed by atoms with Crippen LogP contribution in [-0.4, -0.2) is 39.8 Å². The maximum atomic E-state index is 3.63. The van der Waals surface area contributed by atoms with E-state index in [1.165, 1.54) is 16.7 Å². The Balaban J connectivity index is 0.000000720. The first kappa shape index (κ1) is 10.3. The molecule has 0 spiro atoms. The van der Waals surface area contributed by atoms with Crippen LogP contribution in [0.2, 0.25) is 0 Å². The summed E-state index contributed by atoms with van der Waals surface area (Å²) in [6, 6.07) is 6.42. The van der Waals surface area contributed by atoms with Crippen molar-refractivity contribution in [2.24, 2.45) is 0 Å². The Morgan fingerprint density at radius 1 is 1.33 bits per heavy atom. The van der Waals surface area contributed by atoms with Crippen molar-refractivity contribution in [3.63, 3.8) is 0 Å². The minimum absolute atomic E-state index is 0. The molecule has 0 nitrogen and oxygen atoms in total. The molecule has 1 aliphatic carbocycles. The maximum Gasteiger partial charge on any atom is 0.0388 e. The average Bonchev–Trinajstić information content (AvgIpc) is 2.35. The van der Waals surface area contributed by atoms with Crippen LogP contribution in [0.25, 0.3) is 6.08 Å². The third-order valence-corrected chi connectivity index (χ3v) is 2.65. The second-order valence-electron chi connectivity index (χ2n) is 2.91. The first-order chi connectivity index (χ1) is 5.29. The Kier molecular flexibility index (Phi) is 3.35. The number of benzene rings is 1. The molecule has 0 bridgehead atoms. The maximum absolute atomic E-state index is 3.63. The molecule has 2 heteroatoms. The van der Waals surface area contributed by atoms with Crippen LogP contribution in [0.3, 0.4) is 0 Å². The van der Waals surface area contributed by atoms with Crippen molar-refractivity contribution in [2.75, 3.05) is 0 Å². The zero-order valence-corrected chi connectivity index (χ0v) is 10.5. The Bertz CT molecular complexity index is 318. The van der Waals surface area contributed by atoms with Gasteiger partial charge in [0.2, 0.25) is 0 Å². The Morgan fingerprint density at radius 2 is 2.08 bits per heavy atom. The minimum atomic E-state index is 0. The van der Waals surface area contributed by atoms with E-state index >= 15 is 0 Å². The van der Waals surface area contributed by atoms with E-state index in [1.54, 1.807) is 0 Å². The van der Waals surface area contributed by atoms with Gasteiger partial charge >= 0.3 is 0 Å². The molecule has 0 aliphatic heterocycles. The molecule has 0 heterocycles. The van der Waals surface area contributed by atoms with Crippen LogP contribution in [0, 0.1) is 6.92 Å². The molecule has 1 aromatic carbocycles. The summed E-state index contributed by atoms with van der Waals surface area (Å²) in [4.78, 5) is 0. The number of fused-ring (bicyclic) bond motifs is 1. The quantitative estimate of drug-likeness (QED) is 0.534. The standard InChI is InChI=1S/C10H9Si.Na/c1-7-3-2-4-9-8(7)5-6-10(9)11;/h2-6,10H,1H3;. The van der Waals surface area contributed by atoms with Crippen LogP contribution in [0.4, 0.5) is 0 Å². The van der Waals surface area contributed by atoms with Gasteiger partial charge in [-0.1, -0.05) is 30.4 Å². The molecule has 4 radical (unpaired) electrons.